The molecule has 10 heteroatoms. The van der Waals surface area contributed by atoms with Gasteiger partial charge in [-0.1, -0.05) is 6.07 Å². The minimum atomic E-state index is -0.963. The van der Waals surface area contributed by atoms with E-state index in [-0.39, 0.29) is 35.6 Å². The number of amides is 2. The number of hydrogen-bond donors (Lipinski definition) is 2. The SMILES string of the molecule is O=C(NCc1ccc(F)cc1F)c1cn2c(c(O)c1=O)C(=O)N1C[C@@H]3CCCN3[C@@H]1C2. The molecule has 2 fully saturated rings. The lowest BCUT2D eigenvalue weighted by molar-refractivity contribution is 0.0513. The van der Waals surface area contributed by atoms with Gasteiger partial charge in [0, 0.05) is 43.5 Å². The van der Waals surface area contributed by atoms with Crippen LogP contribution in [0.3, 0.4) is 0 Å². The summed E-state index contributed by atoms with van der Waals surface area (Å²) in [7, 11) is 0. The number of aromatic hydroxyl groups is 1. The molecule has 0 saturated carbocycles. The Morgan fingerprint density at radius 1 is 1.23 bits per heavy atom. The van der Waals surface area contributed by atoms with Crippen LogP contribution in [0.4, 0.5) is 8.78 Å². The molecule has 0 aliphatic carbocycles. The summed E-state index contributed by atoms with van der Waals surface area (Å²) >= 11 is 0. The zero-order chi connectivity index (χ0) is 21.9. The van der Waals surface area contributed by atoms with Gasteiger partial charge in [-0.05, 0) is 18.9 Å². The highest BCUT2D eigenvalue weighted by atomic mass is 19.1. The topological polar surface area (TPSA) is 94.9 Å². The summed E-state index contributed by atoms with van der Waals surface area (Å²) in [6.07, 6.45) is 3.14. The lowest BCUT2D eigenvalue weighted by atomic mass is 10.1. The van der Waals surface area contributed by atoms with E-state index in [4.69, 9.17) is 0 Å². The number of halogens is 2. The van der Waals surface area contributed by atoms with Crippen molar-refractivity contribution in [3.05, 3.63) is 63.1 Å². The highest BCUT2D eigenvalue weighted by Gasteiger charge is 2.48. The number of pyridine rings is 1. The fourth-order valence-corrected chi connectivity index (χ4v) is 4.82. The molecule has 31 heavy (non-hydrogen) atoms. The Bertz CT molecular complexity index is 1160. The van der Waals surface area contributed by atoms with Gasteiger partial charge in [0.15, 0.2) is 11.4 Å². The molecule has 2 N–H and O–H groups in total. The van der Waals surface area contributed by atoms with Gasteiger partial charge in [0.1, 0.15) is 23.4 Å². The van der Waals surface area contributed by atoms with Crippen molar-refractivity contribution in [3.8, 4) is 5.75 Å². The summed E-state index contributed by atoms with van der Waals surface area (Å²) in [4.78, 5) is 42.1. The molecule has 0 radical (unpaired) electrons. The largest absolute Gasteiger partial charge is 0.503 e. The minimum absolute atomic E-state index is 0.0499. The summed E-state index contributed by atoms with van der Waals surface area (Å²) in [5, 5.41) is 12.9. The highest BCUT2D eigenvalue weighted by molar-refractivity contribution is 5.99. The van der Waals surface area contributed by atoms with E-state index in [1.165, 1.54) is 16.8 Å². The summed E-state index contributed by atoms with van der Waals surface area (Å²) in [6, 6.07) is 3.23. The number of benzene rings is 1. The molecule has 0 bridgehead atoms. The van der Waals surface area contributed by atoms with Crippen LogP contribution in [0.15, 0.2) is 29.2 Å². The maximum Gasteiger partial charge on any atom is 0.275 e. The van der Waals surface area contributed by atoms with Crippen molar-refractivity contribution in [1.29, 1.82) is 0 Å². The molecule has 2 atom stereocenters. The van der Waals surface area contributed by atoms with E-state index in [2.05, 4.69) is 10.2 Å². The van der Waals surface area contributed by atoms with Crippen LogP contribution in [-0.2, 0) is 13.1 Å². The molecule has 3 aliphatic rings. The molecule has 2 aromatic rings. The van der Waals surface area contributed by atoms with Gasteiger partial charge >= 0.3 is 0 Å². The van der Waals surface area contributed by atoms with Crippen LogP contribution < -0.4 is 10.7 Å². The Kier molecular flexibility index (Phi) is 4.54. The minimum Gasteiger partial charge on any atom is -0.503 e. The average molecular weight is 430 g/mol. The molecule has 5 rings (SSSR count). The monoisotopic (exact) mass is 430 g/mol. The zero-order valence-corrected chi connectivity index (χ0v) is 16.5. The van der Waals surface area contributed by atoms with Gasteiger partial charge in [-0.15, -0.1) is 0 Å². The first-order chi connectivity index (χ1) is 14.8. The van der Waals surface area contributed by atoms with Crippen LogP contribution in [0.2, 0.25) is 0 Å². The van der Waals surface area contributed by atoms with Gasteiger partial charge in [-0.3, -0.25) is 19.3 Å². The quantitative estimate of drug-likeness (QED) is 0.759. The summed E-state index contributed by atoms with van der Waals surface area (Å²) in [5.74, 6) is -3.58. The third kappa shape index (κ3) is 3.09. The van der Waals surface area contributed by atoms with Crippen molar-refractivity contribution in [1.82, 2.24) is 19.7 Å². The average Bonchev–Trinajstić information content (AvgIpc) is 3.32. The van der Waals surface area contributed by atoms with E-state index in [0.717, 1.165) is 25.5 Å². The maximum absolute atomic E-state index is 13.8. The Labute approximate surface area is 175 Å². The normalized spacial score (nSPS) is 22.3. The second-order valence-corrected chi connectivity index (χ2v) is 8.11. The van der Waals surface area contributed by atoms with Crippen LogP contribution in [0.5, 0.6) is 5.75 Å². The number of nitrogens with one attached hydrogen (secondary N) is 1. The van der Waals surface area contributed by atoms with Crippen LogP contribution in [0.25, 0.3) is 0 Å². The lowest BCUT2D eigenvalue weighted by Crippen LogP contribution is -2.50. The van der Waals surface area contributed by atoms with Crippen LogP contribution >= 0.6 is 0 Å². The predicted molar refractivity (Wildman–Crippen MR) is 104 cm³/mol. The van der Waals surface area contributed by atoms with Crippen LogP contribution in [0.1, 0.15) is 39.3 Å². The van der Waals surface area contributed by atoms with E-state index in [9.17, 15) is 28.3 Å². The molecule has 2 amide bonds. The van der Waals surface area contributed by atoms with Crippen molar-refractivity contribution >= 4 is 11.8 Å². The van der Waals surface area contributed by atoms with Crippen molar-refractivity contribution < 1.29 is 23.5 Å². The van der Waals surface area contributed by atoms with Crippen molar-refractivity contribution in [2.75, 3.05) is 13.1 Å². The Morgan fingerprint density at radius 2 is 2.03 bits per heavy atom. The number of carbonyl (C=O) groups excluding carboxylic acids is 2. The Morgan fingerprint density at radius 3 is 2.81 bits per heavy atom. The van der Waals surface area contributed by atoms with Gasteiger partial charge in [0.05, 0.1) is 6.54 Å². The number of rotatable bonds is 3. The molecule has 4 heterocycles. The molecule has 2 saturated heterocycles. The van der Waals surface area contributed by atoms with Crippen LogP contribution in [0, 0.1) is 11.6 Å². The zero-order valence-electron chi connectivity index (χ0n) is 16.5. The number of hydrogen-bond acceptors (Lipinski definition) is 5. The first-order valence-electron chi connectivity index (χ1n) is 10.1. The van der Waals surface area contributed by atoms with Crippen molar-refractivity contribution in [2.24, 2.45) is 0 Å². The number of aromatic nitrogens is 1. The fourth-order valence-electron chi connectivity index (χ4n) is 4.82. The number of fused-ring (bicyclic) bond motifs is 4. The van der Waals surface area contributed by atoms with Gasteiger partial charge in [-0.2, -0.15) is 0 Å². The van der Waals surface area contributed by atoms with E-state index >= 15 is 0 Å². The second-order valence-electron chi connectivity index (χ2n) is 8.11. The van der Waals surface area contributed by atoms with Crippen molar-refractivity contribution in [2.45, 2.75) is 38.1 Å². The third-order valence-corrected chi connectivity index (χ3v) is 6.35. The molecule has 3 aliphatic heterocycles. The molecular formula is C21H20F2N4O4. The maximum atomic E-state index is 13.8. The molecular weight excluding hydrogens is 410 g/mol. The first-order valence-corrected chi connectivity index (χ1v) is 10.1. The summed E-state index contributed by atoms with van der Waals surface area (Å²) < 4.78 is 28.3. The van der Waals surface area contributed by atoms with Gasteiger partial charge in [0.25, 0.3) is 11.8 Å². The molecule has 0 unspecified atom stereocenters. The summed E-state index contributed by atoms with van der Waals surface area (Å²) in [6.45, 7) is 1.50. The van der Waals surface area contributed by atoms with E-state index < -0.39 is 34.6 Å². The molecule has 162 valence electrons. The number of carbonyl (C=O) groups is 2. The van der Waals surface area contributed by atoms with Crippen molar-refractivity contribution in [3.63, 3.8) is 0 Å². The molecule has 0 spiro atoms. The smallest absolute Gasteiger partial charge is 0.275 e. The predicted octanol–water partition coefficient (Wildman–Crippen LogP) is 1.02. The van der Waals surface area contributed by atoms with E-state index in [1.807, 2.05) is 0 Å². The Balaban J connectivity index is 1.43. The Hall–Kier alpha value is -3.27. The van der Waals surface area contributed by atoms with Gasteiger partial charge < -0.3 is 19.9 Å². The highest BCUT2D eigenvalue weighted by Crippen LogP contribution is 2.35. The van der Waals surface area contributed by atoms with Crippen LogP contribution in [-0.4, -0.2) is 56.6 Å². The molecule has 1 aromatic carbocycles. The van der Waals surface area contributed by atoms with E-state index in [1.54, 1.807) is 4.90 Å². The van der Waals surface area contributed by atoms with Gasteiger partial charge in [-0.25, -0.2) is 8.78 Å². The number of nitrogens with zero attached hydrogens (tertiary/aromatic N) is 3. The molecule has 8 nitrogen and oxygen atoms in total. The first kappa shape index (κ1) is 19.7. The molecule has 1 aromatic heterocycles. The third-order valence-electron chi connectivity index (χ3n) is 6.35. The second kappa shape index (κ2) is 7.16. The standard InChI is InChI=1S/C21H20F2N4O4/c22-12-4-3-11(15(23)6-12)7-24-20(30)14-9-25-10-16-26-5-1-2-13(26)8-27(16)21(31)17(25)19(29)18(14)28/h3-4,6,9,13,16,29H,1-2,5,7-8,10H2,(H,24,30)/t13-,16-/m0/s1. The van der Waals surface area contributed by atoms with E-state index in [0.29, 0.717) is 19.2 Å². The fraction of sp³-hybridized carbons (Fsp3) is 0.381. The van der Waals surface area contributed by atoms with Gasteiger partial charge in [0.2, 0.25) is 5.43 Å². The lowest BCUT2D eigenvalue weighted by Gasteiger charge is -2.35. The summed E-state index contributed by atoms with van der Waals surface area (Å²) in [5.41, 5.74) is -1.38.